The second kappa shape index (κ2) is 6.48. The lowest BCUT2D eigenvalue weighted by Crippen LogP contribution is -2.22. The molecule has 1 heterocycles. The predicted octanol–water partition coefficient (Wildman–Crippen LogP) is 5.42. The van der Waals surface area contributed by atoms with Crippen LogP contribution in [-0.4, -0.2) is 6.54 Å². The average Bonchev–Trinajstić information content (AvgIpc) is 2.67. The quantitative estimate of drug-likeness (QED) is 0.714. The van der Waals surface area contributed by atoms with Gasteiger partial charge in [-0.1, -0.05) is 13.0 Å². The summed E-state index contributed by atoms with van der Waals surface area (Å²) in [5.74, 6) is -0.190. The summed E-state index contributed by atoms with van der Waals surface area (Å²) in [6.45, 7) is 4.87. The van der Waals surface area contributed by atoms with Crippen molar-refractivity contribution in [1.82, 2.24) is 5.32 Å². The Morgan fingerprint density at radius 3 is 2.58 bits per heavy atom. The fraction of sp³-hybridized carbons (Fsp3) is 0.286. The number of hydrogen-bond acceptors (Lipinski definition) is 2. The van der Waals surface area contributed by atoms with Crippen molar-refractivity contribution in [3.05, 3.63) is 54.3 Å². The van der Waals surface area contributed by atoms with E-state index in [0.717, 1.165) is 25.9 Å². The van der Waals surface area contributed by atoms with Crippen LogP contribution in [0.5, 0.6) is 0 Å². The lowest BCUT2D eigenvalue weighted by atomic mass is 10.00. The minimum atomic E-state index is -0.190. The number of aryl methyl sites for hydroxylation is 1. The third kappa shape index (κ3) is 3.45. The van der Waals surface area contributed by atoms with Crippen LogP contribution in [0.1, 0.15) is 29.0 Å². The van der Waals surface area contributed by atoms with Gasteiger partial charge in [-0.15, -0.1) is 11.3 Å². The molecule has 0 saturated heterocycles. The Kier molecular flexibility index (Phi) is 5.17. The molecule has 2 aromatic rings. The SMILES string of the molecule is CCNC(c1cc(Br)c(Br)s1)c1ccc(F)cc1C. The molecule has 0 aliphatic carbocycles. The maximum atomic E-state index is 13.2. The number of thiophene rings is 1. The van der Waals surface area contributed by atoms with Crippen molar-refractivity contribution in [1.29, 1.82) is 0 Å². The highest BCUT2D eigenvalue weighted by atomic mass is 79.9. The minimum Gasteiger partial charge on any atom is -0.306 e. The van der Waals surface area contributed by atoms with Gasteiger partial charge in [-0.05, 0) is 74.7 Å². The Hall–Kier alpha value is -0.230. The van der Waals surface area contributed by atoms with Crippen molar-refractivity contribution in [3.8, 4) is 0 Å². The standard InChI is InChI=1S/C14H14Br2FNS/c1-3-18-13(12-7-11(15)14(16)19-12)10-5-4-9(17)6-8(10)2/h4-7,13,18H,3H2,1-2H3. The highest BCUT2D eigenvalue weighted by Gasteiger charge is 2.19. The van der Waals surface area contributed by atoms with Crippen LogP contribution in [0, 0.1) is 12.7 Å². The second-order valence-corrected chi connectivity index (χ2v) is 7.52. The van der Waals surface area contributed by atoms with E-state index in [2.05, 4.69) is 50.2 Å². The lowest BCUT2D eigenvalue weighted by Gasteiger charge is -2.19. The first-order valence-electron chi connectivity index (χ1n) is 5.97. The zero-order valence-corrected chi connectivity index (χ0v) is 14.6. The van der Waals surface area contributed by atoms with Gasteiger partial charge < -0.3 is 5.32 Å². The Balaban J connectivity index is 2.44. The Labute approximate surface area is 133 Å². The third-order valence-electron chi connectivity index (χ3n) is 2.90. The molecule has 1 aromatic carbocycles. The van der Waals surface area contributed by atoms with Gasteiger partial charge in [0, 0.05) is 9.35 Å². The molecule has 1 N–H and O–H groups in total. The van der Waals surface area contributed by atoms with Gasteiger partial charge in [0.1, 0.15) is 5.82 Å². The molecule has 0 spiro atoms. The zero-order valence-electron chi connectivity index (χ0n) is 10.6. The lowest BCUT2D eigenvalue weighted by molar-refractivity contribution is 0.613. The number of benzene rings is 1. The molecule has 1 atom stereocenters. The van der Waals surface area contributed by atoms with Crippen LogP contribution in [0.2, 0.25) is 0 Å². The van der Waals surface area contributed by atoms with Gasteiger partial charge in [0.2, 0.25) is 0 Å². The maximum absolute atomic E-state index is 13.2. The number of nitrogens with one attached hydrogen (secondary N) is 1. The van der Waals surface area contributed by atoms with Crippen molar-refractivity contribution in [3.63, 3.8) is 0 Å². The molecule has 0 fully saturated rings. The molecule has 0 saturated carbocycles. The summed E-state index contributed by atoms with van der Waals surface area (Å²) < 4.78 is 15.4. The van der Waals surface area contributed by atoms with E-state index in [1.807, 2.05) is 13.0 Å². The van der Waals surface area contributed by atoms with Crippen molar-refractivity contribution in [2.24, 2.45) is 0 Å². The molecule has 19 heavy (non-hydrogen) atoms. The number of hydrogen-bond donors (Lipinski definition) is 1. The summed E-state index contributed by atoms with van der Waals surface area (Å²) in [5, 5.41) is 3.46. The molecule has 5 heteroatoms. The van der Waals surface area contributed by atoms with Crippen LogP contribution in [0.25, 0.3) is 0 Å². The second-order valence-electron chi connectivity index (χ2n) is 4.26. The Morgan fingerprint density at radius 1 is 1.32 bits per heavy atom. The first-order chi connectivity index (χ1) is 9.02. The van der Waals surface area contributed by atoms with E-state index in [1.165, 1.54) is 10.9 Å². The Bertz CT molecular complexity index is 563. The van der Waals surface area contributed by atoms with Gasteiger partial charge in [-0.25, -0.2) is 4.39 Å². The fourth-order valence-corrected chi connectivity index (χ4v) is 4.22. The van der Waals surface area contributed by atoms with Gasteiger partial charge in [0.25, 0.3) is 0 Å². The molecule has 0 aliphatic heterocycles. The van der Waals surface area contributed by atoms with E-state index in [-0.39, 0.29) is 11.9 Å². The van der Waals surface area contributed by atoms with E-state index in [4.69, 9.17) is 0 Å². The van der Waals surface area contributed by atoms with Gasteiger partial charge >= 0.3 is 0 Å². The summed E-state index contributed by atoms with van der Waals surface area (Å²) in [5.41, 5.74) is 2.08. The summed E-state index contributed by atoms with van der Waals surface area (Å²) in [6, 6.07) is 7.16. The van der Waals surface area contributed by atoms with Crippen LogP contribution < -0.4 is 5.32 Å². The van der Waals surface area contributed by atoms with Gasteiger partial charge in [-0.3, -0.25) is 0 Å². The van der Waals surface area contributed by atoms with E-state index in [9.17, 15) is 4.39 Å². The summed E-state index contributed by atoms with van der Waals surface area (Å²) in [6.07, 6.45) is 0. The normalized spacial score (nSPS) is 12.7. The molecular formula is C14H14Br2FNS. The van der Waals surface area contributed by atoms with Crippen LogP contribution in [0.4, 0.5) is 4.39 Å². The molecule has 1 aromatic heterocycles. The van der Waals surface area contributed by atoms with E-state index in [1.54, 1.807) is 17.4 Å². The largest absolute Gasteiger partial charge is 0.306 e. The van der Waals surface area contributed by atoms with E-state index < -0.39 is 0 Å². The van der Waals surface area contributed by atoms with Gasteiger partial charge in [0.05, 0.1) is 9.83 Å². The van der Waals surface area contributed by atoms with Crippen LogP contribution in [0.3, 0.4) is 0 Å². The molecule has 0 amide bonds. The maximum Gasteiger partial charge on any atom is 0.123 e. The van der Waals surface area contributed by atoms with Crippen LogP contribution in [-0.2, 0) is 0 Å². The number of rotatable bonds is 4. The topological polar surface area (TPSA) is 12.0 Å². The van der Waals surface area contributed by atoms with Gasteiger partial charge in [-0.2, -0.15) is 0 Å². The average molecular weight is 407 g/mol. The van der Waals surface area contributed by atoms with Crippen LogP contribution in [0.15, 0.2) is 32.5 Å². The van der Waals surface area contributed by atoms with Crippen molar-refractivity contribution < 1.29 is 4.39 Å². The summed E-state index contributed by atoms with van der Waals surface area (Å²) in [4.78, 5) is 1.20. The van der Waals surface area contributed by atoms with Crippen molar-refractivity contribution >= 4 is 43.2 Å². The first kappa shape index (κ1) is 15.2. The highest BCUT2D eigenvalue weighted by Crippen LogP contribution is 2.38. The minimum absolute atomic E-state index is 0.0956. The van der Waals surface area contributed by atoms with E-state index in [0.29, 0.717) is 0 Å². The number of halogens is 3. The Morgan fingerprint density at radius 2 is 2.05 bits per heavy atom. The molecule has 102 valence electrons. The van der Waals surface area contributed by atoms with Crippen molar-refractivity contribution in [2.45, 2.75) is 19.9 Å². The smallest absolute Gasteiger partial charge is 0.123 e. The summed E-state index contributed by atoms with van der Waals surface area (Å²) >= 11 is 8.72. The molecule has 1 unspecified atom stereocenters. The van der Waals surface area contributed by atoms with E-state index >= 15 is 0 Å². The van der Waals surface area contributed by atoms with Gasteiger partial charge in [0.15, 0.2) is 0 Å². The molecule has 1 nitrogen and oxygen atoms in total. The first-order valence-corrected chi connectivity index (χ1v) is 8.37. The third-order valence-corrected chi connectivity index (χ3v) is 6.22. The molecular weight excluding hydrogens is 393 g/mol. The zero-order chi connectivity index (χ0) is 14.0. The summed E-state index contributed by atoms with van der Waals surface area (Å²) in [7, 11) is 0. The van der Waals surface area contributed by atoms with Crippen LogP contribution >= 0.6 is 43.2 Å². The monoisotopic (exact) mass is 405 g/mol. The molecule has 0 bridgehead atoms. The molecule has 0 radical (unpaired) electrons. The molecule has 0 aliphatic rings. The fourth-order valence-electron chi connectivity index (χ4n) is 2.04. The highest BCUT2D eigenvalue weighted by molar-refractivity contribution is 9.13. The van der Waals surface area contributed by atoms with Crippen molar-refractivity contribution in [2.75, 3.05) is 6.54 Å². The predicted molar refractivity (Wildman–Crippen MR) is 86.4 cm³/mol. The molecule has 2 rings (SSSR count).